The highest BCUT2D eigenvalue weighted by molar-refractivity contribution is 7.92. The molecule has 9 heteroatoms. The number of nitrogens with zero attached hydrogens (tertiary/aromatic N) is 2. The minimum Gasteiger partial charge on any atom is -0.368 e. The third-order valence-corrected chi connectivity index (χ3v) is 7.12. The van der Waals surface area contributed by atoms with Gasteiger partial charge in [0.15, 0.2) is 0 Å². The number of para-hydroxylation sites is 1. The first kappa shape index (κ1) is 22.1. The Hall–Kier alpha value is -3.10. The smallest absolute Gasteiger partial charge is 0.263 e. The number of anilines is 2. The lowest BCUT2D eigenvalue weighted by Gasteiger charge is -2.36. The number of benzene rings is 3. The molecule has 1 aliphatic heterocycles. The summed E-state index contributed by atoms with van der Waals surface area (Å²) in [4.78, 5) is 16.7. The molecule has 1 N–H and O–H groups in total. The molecule has 3 aromatic carbocycles. The second kappa shape index (κ2) is 9.18. The predicted molar refractivity (Wildman–Crippen MR) is 123 cm³/mol. The van der Waals surface area contributed by atoms with Gasteiger partial charge >= 0.3 is 0 Å². The van der Waals surface area contributed by atoms with Crippen molar-refractivity contribution in [3.63, 3.8) is 0 Å². The van der Waals surface area contributed by atoms with E-state index in [2.05, 4.69) is 9.62 Å². The summed E-state index contributed by atoms with van der Waals surface area (Å²) in [6.07, 6.45) is 0. The van der Waals surface area contributed by atoms with Crippen LogP contribution in [0.1, 0.15) is 10.4 Å². The fourth-order valence-electron chi connectivity index (χ4n) is 3.56. The summed E-state index contributed by atoms with van der Waals surface area (Å²) >= 11 is 6.14. The van der Waals surface area contributed by atoms with E-state index in [1.54, 1.807) is 4.90 Å². The lowest BCUT2D eigenvalue weighted by Crippen LogP contribution is -2.48. The Bertz CT molecular complexity index is 1210. The number of sulfonamides is 1. The Kier molecular flexibility index (Phi) is 6.34. The molecule has 1 fully saturated rings. The van der Waals surface area contributed by atoms with Crippen molar-refractivity contribution in [2.75, 3.05) is 35.8 Å². The minimum atomic E-state index is -4.07. The monoisotopic (exact) mass is 473 g/mol. The Morgan fingerprint density at radius 3 is 2.22 bits per heavy atom. The fraction of sp³-hybridized carbons (Fsp3) is 0.174. The molecule has 0 unspecified atom stereocenters. The fourth-order valence-corrected chi connectivity index (χ4v) is 5.14. The quantitative estimate of drug-likeness (QED) is 0.601. The van der Waals surface area contributed by atoms with E-state index in [1.165, 1.54) is 30.3 Å². The Morgan fingerprint density at radius 2 is 1.56 bits per heavy atom. The SMILES string of the molecule is O=C(c1ccc(Cl)c(S(=O)(=O)Nc2ccc(F)cc2)c1)N1CCN(c2ccccc2)CC1. The molecule has 1 saturated heterocycles. The molecule has 1 heterocycles. The van der Waals surface area contributed by atoms with Gasteiger partial charge in [-0.05, 0) is 54.6 Å². The van der Waals surface area contributed by atoms with Gasteiger partial charge in [0.25, 0.3) is 15.9 Å². The zero-order valence-electron chi connectivity index (χ0n) is 17.0. The number of carbonyl (C=O) groups excluding carboxylic acids is 1. The van der Waals surface area contributed by atoms with E-state index in [0.29, 0.717) is 26.2 Å². The van der Waals surface area contributed by atoms with Gasteiger partial charge in [-0.25, -0.2) is 12.8 Å². The molecular weight excluding hydrogens is 453 g/mol. The van der Waals surface area contributed by atoms with Crippen LogP contribution in [0, 0.1) is 5.82 Å². The van der Waals surface area contributed by atoms with Crippen LogP contribution < -0.4 is 9.62 Å². The molecule has 166 valence electrons. The minimum absolute atomic E-state index is 0.00921. The van der Waals surface area contributed by atoms with E-state index in [1.807, 2.05) is 30.3 Å². The molecular formula is C23H21ClFN3O3S. The molecule has 0 bridgehead atoms. The van der Waals surface area contributed by atoms with E-state index < -0.39 is 15.8 Å². The van der Waals surface area contributed by atoms with Crippen molar-refractivity contribution in [3.05, 3.63) is 89.2 Å². The maximum atomic E-state index is 13.1. The molecule has 6 nitrogen and oxygen atoms in total. The molecule has 32 heavy (non-hydrogen) atoms. The molecule has 1 aliphatic rings. The van der Waals surface area contributed by atoms with Gasteiger partial charge in [-0.2, -0.15) is 0 Å². The van der Waals surface area contributed by atoms with E-state index in [0.717, 1.165) is 17.8 Å². The summed E-state index contributed by atoms with van der Waals surface area (Å²) in [5.41, 5.74) is 1.53. The van der Waals surface area contributed by atoms with Gasteiger partial charge in [0.05, 0.1) is 5.02 Å². The van der Waals surface area contributed by atoms with Crippen LogP contribution in [0.15, 0.2) is 77.7 Å². The highest BCUT2D eigenvalue weighted by Gasteiger charge is 2.25. The highest BCUT2D eigenvalue weighted by atomic mass is 35.5. The largest absolute Gasteiger partial charge is 0.368 e. The number of hydrogen-bond donors (Lipinski definition) is 1. The van der Waals surface area contributed by atoms with Crippen LogP contribution in [0.25, 0.3) is 0 Å². The van der Waals surface area contributed by atoms with Crippen molar-refractivity contribution < 1.29 is 17.6 Å². The third kappa shape index (κ3) is 4.87. The number of hydrogen-bond acceptors (Lipinski definition) is 4. The van der Waals surface area contributed by atoms with Crippen molar-refractivity contribution in [1.82, 2.24) is 4.90 Å². The van der Waals surface area contributed by atoms with Crippen LogP contribution in [0.2, 0.25) is 5.02 Å². The maximum absolute atomic E-state index is 13.1. The summed E-state index contributed by atoms with van der Waals surface area (Å²) in [6, 6.07) is 19.1. The van der Waals surface area contributed by atoms with Gasteiger partial charge < -0.3 is 9.80 Å². The third-order valence-electron chi connectivity index (χ3n) is 5.25. The summed E-state index contributed by atoms with van der Waals surface area (Å²) in [5, 5.41) is -0.00921. The summed E-state index contributed by atoms with van der Waals surface area (Å²) < 4.78 is 41.1. The molecule has 1 amide bonds. The molecule has 0 radical (unpaired) electrons. The molecule has 3 aromatic rings. The van der Waals surface area contributed by atoms with E-state index in [9.17, 15) is 17.6 Å². The van der Waals surface area contributed by atoms with Crippen LogP contribution in [0.4, 0.5) is 15.8 Å². The number of rotatable bonds is 5. The molecule has 0 saturated carbocycles. The normalized spacial score (nSPS) is 14.3. The summed E-state index contributed by atoms with van der Waals surface area (Å²) in [7, 11) is -4.07. The molecule has 4 rings (SSSR count). The highest BCUT2D eigenvalue weighted by Crippen LogP contribution is 2.26. The molecule has 0 atom stereocenters. The number of halogens is 2. The Labute approximate surface area is 191 Å². The van der Waals surface area contributed by atoms with Crippen molar-refractivity contribution in [1.29, 1.82) is 0 Å². The average Bonchev–Trinajstić information content (AvgIpc) is 2.81. The van der Waals surface area contributed by atoms with Crippen LogP contribution >= 0.6 is 11.6 Å². The van der Waals surface area contributed by atoms with Gasteiger partial charge in [-0.3, -0.25) is 9.52 Å². The van der Waals surface area contributed by atoms with Gasteiger partial charge in [-0.1, -0.05) is 29.8 Å². The maximum Gasteiger partial charge on any atom is 0.263 e. The van der Waals surface area contributed by atoms with Crippen LogP contribution in [-0.4, -0.2) is 45.4 Å². The van der Waals surface area contributed by atoms with Crippen molar-refractivity contribution in [2.45, 2.75) is 4.90 Å². The topological polar surface area (TPSA) is 69.7 Å². The van der Waals surface area contributed by atoms with Crippen molar-refractivity contribution in [3.8, 4) is 0 Å². The van der Waals surface area contributed by atoms with Gasteiger partial charge in [0.1, 0.15) is 10.7 Å². The number of nitrogens with one attached hydrogen (secondary N) is 1. The zero-order chi connectivity index (χ0) is 22.7. The Balaban J connectivity index is 1.49. The van der Waals surface area contributed by atoms with E-state index in [-0.39, 0.29) is 27.1 Å². The first-order valence-corrected chi connectivity index (χ1v) is 11.9. The first-order valence-electron chi connectivity index (χ1n) is 10.0. The zero-order valence-corrected chi connectivity index (χ0v) is 18.6. The second-order valence-corrected chi connectivity index (χ2v) is 9.43. The van der Waals surface area contributed by atoms with Gasteiger partial charge in [-0.15, -0.1) is 0 Å². The van der Waals surface area contributed by atoms with Crippen molar-refractivity contribution >= 4 is 38.9 Å². The summed E-state index contributed by atoms with van der Waals surface area (Å²) in [6.45, 7) is 2.40. The van der Waals surface area contributed by atoms with Crippen molar-refractivity contribution in [2.24, 2.45) is 0 Å². The number of piperazine rings is 1. The molecule has 0 spiro atoms. The summed E-state index contributed by atoms with van der Waals surface area (Å²) in [5.74, 6) is -0.737. The van der Waals surface area contributed by atoms with Gasteiger partial charge in [0.2, 0.25) is 0 Å². The molecule has 0 aromatic heterocycles. The lowest BCUT2D eigenvalue weighted by atomic mass is 10.1. The van der Waals surface area contributed by atoms with Gasteiger partial charge in [0, 0.05) is 43.1 Å². The standard InChI is InChI=1S/C23H21ClFN3O3S/c24-21-11-6-17(16-22(21)32(30,31)26-19-9-7-18(25)8-10-19)23(29)28-14-12-27(13-15-28)20-4-2-1-3-5-20/h1-11,16,26H,12-15H2. The van der Waals surface area contributed by atoms with Crippen LogP contribution in [-0.2, 0) is 10.0 Å². The van der Waals surface area contributed by atoms with E-state index >= 15 is 0 Å². The van der Waals surface area contributed by atoms with Crippen LogP contribution in [0.3, 0.4) is 0 Å². The first-order chi connectivity index (χ1) is 15.3. The molecule has 0 aliphatic carbocycles. The average molecular weight is 474 g/mol. The van der Waals surface area contributed by atoms with E-state index in [4.69, 9.17) is 11.6 Å². The Morgan fingerprint density at radius 1 is 0.906 bits per heavy atom. The number of amides is 1. The van der Waals surface area contributed by atoms with Crippen LogP contribution in [0.5, 0.6) is 0 Å². The lowest BCUT2D eigenvalue weighted by molar-refractivity contribution is 0.0746. The second-order valence-electron chi connectivity index (χ2n) is 7.37. The predicted octanol–water partition coefficient (Wildman–Crippen LogP) is 4.24. The number of carbonyl (C=O) groups is 1.